The second-order valence-corrected chi connectivity index (χ2v) is 5.75. The number of ether oxygens (including phenoxy) is 1. The third-order valence-corrected chi connectivity index (χ3v) is 4.07. The number of rotatable bonds is 5. The normalized spacial score (nSPS) is 16.2. The summed E-state index contributed by atoms with van der Waals surface area (Å²) < 4.78 is 5.16. The lowest BCUT2D eigenvalue weighted by molar-refractivity contribution is -0.396. The van der Waals surface area contributed by atoms with Crippen LogP contribution >= 0.6 is 0 Å². The second-order valence-electron chi connectivity index (χ2n) is 5.75. The number of carbonyl (C=O) groups is 1. The van der Waals surface area contributed by atoms with Crippen molar-refractivity contribution in [3.63, 3.8) is 0 Å². The number of nitro benzene ring substituents is 2. The van der Waals surface area contributed by atoms with Crippen LogP contribution < -0.4 is 5.32 Å². The average Bonchev–Trinajstić information content (AvgIpc) is 2.54. The molecule has 0 heterocycles. The molecule has 1 unspecified atom stereocenters. The van der Waals surface area contributed by atoms with E-state index in [1.807, 2.05) is 0 Å². The second kappa shape index (κ2) is 7.71. The van der Waals surface area contributed by atoms with E-state index in [0.29, 0.717) is 0 Å². The molecule has 24 heavy (non-hydrogen) atoms. The molecule has 130 valence electrons. The summed E-state index contributed by atoms with van der Waals surface area (Å²) in [4.78, 5) is 32.8. The van der Waals surface area contributed by atoms with Crippen molar-refractivity contribution in [3.05, 3.63) is 44.0 Å². The van der Waals surface area contributed by atoms with Crippen molar-refractivity contribution in [2.45, 2.75) is 51.2 Å². The quantitative estimate of drug-likeness (QED) is 0.646. The average molecular weight is 337 g/mol. The summed E-state index contributed by atoms with van der Waals surface area (Å²) in [7, 11) is 0. The van der Waals surface area contributed by atoms with Crippen LogP contribution in [0.3, 0.4) is 0 Å². The molecule has 0 spiro atoms. The number of benzene rings is 1. The molecule has 2 rings (SSSR count). The highest BCUT2D eigenvalue weighted by Crippen LogP contribution is 2.35. The Morgan fingerprint density at radius 3 is 2.21 bits per heavy atom. The van der Waals surface area contributed by atoms with Crippen LogP contribution in [0.25, 0.3) is 0 Å². The molecule has 1 aromatic carbocycles. The number of hydrogen-bond donors (Lipinski definition) is 1. The highest BCUT2D eigenvalue weighted by atomic mass is 16.6. The van der Waals surface area contributed by atoms with E-state index in [1.165, 1.54) is 13.0 Å². The van der Waals surface area contributed by atoms with Gasteiger partial charge in [-0.3, -0.25) is 20.2 Å². The fourth-order valence-corrected chi connectivity index (χ4v) is 2.94. The highest BCUT2D eigenvalue weighted by molar-refractivity contribution is 5.68. The van der Waals surface area contributed by atoms with E-state index in [1.54, 1.807) is 0 Å². The van der Waals surface area contributed by atoms with Gasteiger partial charge in [0.05, 0.1) is 9.85 Å². The Balaban J connectivity index is 2.15. The van der Waals surface area contributed by atoms with Crippen molar-refractivity contribution < 1.29 is 19.4 Å². The molecule has 1 aliphatic carbocycles. The maximum absolute atomic E-state index is 12.0. The molecule has 0 aliphatic heterocycles. The molecule has 1 atom stereocenters. The molecule has 1 amide bonds. The lowest BCUT2D eigenvalue weighted by Crippen LogP contribution is -2.37. The number of amides is 1. The van der Waals surface area contributed by atoms with Crippen molar-refractivity contribution in [2.75, 3.05) is 0 Å². The molecule has 9 heteroatoms. The Morgan fingerprint density at radius 2 is 1.71 bits per heavy atom. The van der Waals surface area contributed by atoms with Gasteiger partial charge >= 0.3 is 6.09 Å². The van der Waals surface area contributed by atoms with E-state index in [4.69, 9.17) is 4.74 Å². The van der Waals surface area contributed by atoms with Crippen molar-refractivity contribution in [1.29, 1.82) is 0 Å². The Bertz CT molecular complexity index is 610. The van der Waals surface area contributed by atoms with Crippen molar-refractivity contribution in [2.24, 2.45) is 0 Å². The standard InChI is InChI=1S/C15H19N3O6/c1-10(24-15(19)16-11-6-3-2-4-7-11)14-12(17(20)21)8-5-9-13(14)18(22)23/h5,8-11H,2-4,6-7H2,1H3,(H,16,19). The van der Waals surface area contributed by atoms with Crippen molar-refractivity contribution in [1.82, 2.24) is 5.32 Å². The molecule has 0 radical (unpaired) electrons. The molecular weight excluding hydrogens is 318 g/mol. The third kappa shape index (κ3) is 4.18. The first-order valence-corrected chi connectivity index (χ1v) is 7.79. The molecule has 1 fully saturated rings. The number of nitrogens with zero attached hydrogens (tertiary/aromatic N) is 2. The SMILES string of the molecule is CC(OC(=O)NC1CCCCC1)c1c([N+](=O)[O-])cccc1[N+](=O)[O-]. The van der Waals surface area contributed by atoms with Gasteiger partial charge in [0.1, 0.15) is 11.7 Å². The summed E-state index contributed by atoms with van der Waals surface area (Å²) in [6, 6.07) is 3.55. The first-order valence-electron chi connectivity index (χ1n) is 7.79. The molecular formula is C15H19N3O6. The lowest BCUT2D eigenvalue weighted by Gasteiger charge is -2.23. The van der Waals surface area contributed by atoms with Crippen LogP contribution in [0.1, 0.15) is 50.7 Å². The zero-order valence-corrected chi connectivity index (χ0v) is 13.3. The number of alkyl carbamates (subject to hydrolysis) is 1. The smallest absolute Gasteiger partial charge is 0.407 e. The third-order valence-electron chi connectivity index (χ3n) is 4.07. The molecule has 1 aliphatic rings. The van der Waals surface area contributed by atoms with E-state index in [9.17, 15) is 25.0 Å². The van der Waals surface area contributed by atoms with Gasteiger partial charge in [0.2, 0.25) is 0 Å². The lowest BCUT2D eigenvalue weighted by atomic mass is 9.96. The van der Waals surface area contributed by atoms with Crippen LogP contribution in [0.2, 0.25) is 0 Å². The maximum atomic E-state index is 12.0. The minimum absolute atomic E-state index is 0.0131. The summed E-state index contributed by atoms with van der Waals surface area (Å²) in [5.74, 6) is 0. The van der Waals surface area contributed by atoms with Crippen LogP contribution in [-0.2, 0) is 4.74 Å². The van der Waals surface area contributed by atoms with Gasteiger partial charge in [-0.25, -0.2) is 4.79 Å². The molecule has 9 nitrogen and oxygen atoms in total. The van der Waals surface area contributed by atoms with Gasteiger partial charge in [0, 0.05) is 18.2 Å². The van der Waals surface area contributed by atoms with Crippen LogP contribution in [0.15, 0.2) is 18.2 Å². The van der Waals surface area contributed by atoms with E-state index in [-0.39, 0.29) is 11.6 Å². The fraction of sp³-hybridized carbons (Fsp3) is 0.533. The Hall–Kier alpha value is -2.71. The fourth-order valence-electron chi connectivity index (χ4n) is 2.94. The van der Waals surface area contributed by atoms with Gasteiger partial charge in [0.15, 0.2) is 0 Å². The number of nitrogens with one attached hydrogen (secondary N) is 1. The Morgan fingerprint density at radius 1 is 1.17 bits per heavy atom. The number of carbonyl (C=O) groups excluding carboxylic acids is 1. The summed E-state index contributed by atoms with van der Waals surface area (Å²) in [5, 5.41) is 25.0. The van der Waals surface area contributed by atoms with Crippen LogP contribution in [-0.4, -0.2) is 22.0 Å². The van der Waals surface area contributed by atoms with Gasteiger partial charge in [0.25, 0.3) is 11.4 Å². The first-order chi connectivity index (χ1) is 11.4. The summed E-state index contributed by atoms with van der Waals surface area (Å²) in [5.41, 5.74) is -1.10. The minimum Gasteiger partial charge on any atom is -0.441 e. The topological polar surface area (TPSA) is 125 Å². The monoisotopic (exact) mass is 337 g/mol. The number of nitro groups is 2. The zero-order valence-electron chi connectivity index (χ0n) is 13.3. The van der Waals surface area contributed by atoms with E-state index in [0.717, 1.165) is 44.2 Å². The molecule has 0 aromatic heterocycles. The largest absolute Gasteiger partial charge is 0.441 e. The van der Waals surface area contributed by atoms with Crippen LogP contribution in [0.5, 0.6) is 0 Å². The van der Waals surface area contributed by atoms with Gasteiger partial charge < -0.3 is 10.1 Å². The molecule has 1 N–H and O–H groups in total. The van der Waals surface area contributed by atoms with Gasteiger partial charge in [-0.1, -0.05) is 19.3 Å². The maximum Gasteiger partial charge on any atom is 0.407 e. The predicted octanol–water partition coefficient (Wildman–Crippen LogP) is 3.62. The molecule has 0 saturated heterocycles. The minimum atomic E-state index is -1.12. The van der Waals surface area contributed by atoms with Crippen molar-refractivity contribution >= 4 is 17.5 Å². The van der Waals surface area contributed by atoms with Crippen LogP contribution in [0.4, 0.5) is 16.2 Å². The van der Waals surface area contributed by atoms with Crippen molar-refractivity contribution in [3.8, 4) is 0 Å². The Labute approximate surface area is 138 Å². The highest BCUT2D eigenvalue weighted by Gasteiger charge is 2.31. The van der Waals surface area contributed by atoms with E-state index in [2.05, 4.69) is 5.32 Å². The zero-order chi connectivity index (χ0) is 17.7. The van der Waals surface area contributed by atoms with Gasteiger partial charge in [-0.2, -0.15) is 0 Å². The predicted molar refractivity (Wildman–Crippen MR) is 84.7 cm³/mol. The molecule has 1 saturated carbocycles. The van der Waals surface area contributed by atoms with E-state index >= 15 is 0 Å². The van der Waals surface area contributed by atoms with Crippen LogP contribution in [0, 0.1) is 20.2 Å². The summed E-state index contributed by atoms with van der Waals surface area (Å²) in [6.45, 7) is 1.38. The summed E-state index contributed by atoms with van der Waals surface area (Å²) >= 11 is 0. The van der Waals surface area contributed by atoms with Gasteiger partial charge in [-0.05, 0) is 25.8 Å². The Kier molecular flexibility index (Phi) is 5.67. The number of hydrogen-bond acceptors (Lipinski definition) is 6. The van der Waals surface area contributed by atoms with Gasteiger partial charge in [-0.15, -0.1) is 0 Å². The molecule has 1 aromatic rings. The first kappa shape index (κ1) is 17.6. The van der Waals surface area contributed by atoms with E-state index < -0.39 is 33.4 Å². The summed E-state index contributed by atoms with van der Waals surface area (Å²) in [6.07, 6.45) is 3.06. The molecule has 0 bridgehead atoms.